The minimum atomic E-state index is -0.0703. The average Bonchev–Trinajstić information content (AvgIpc) is 2.69. The van der Waals surface area contributed by atoms with Crippen molar-refractivity contribution in [3.63, 3.8) is 0 Å². The third-order valence-corrected chi connectivity index (χ3v) is 3.38. The van der Waals surface area contributed by atoms with Gasteiger partial charge in [-0.25, -0.2) is 9.97 Å². The Morgan fingerprint density at radius 1 is 1.44 bits per heavy atom. The highest BCUT2D eigenvalue weighted by molar-refractivity contribution is 5.92. The molecule has 0 saturated carbocycles. The van der Waals surface area contributed by atoms with Gasteiger partial charge in [-0.05, 0) is 33.6 Å². The molecule has 1 fully saturated rings. The third kappa shape index (κ3) is 2.44. The van der Waals surface area contributed by atoms with Crippen molar-refractivity contribution in [1.82, 2.24) is 14.9 Å². The van der Waals surface area contributed by atoms with Crippen LogP contribution in [0.15, 0.2) is 12.4 Å². The van der Waals surface area contributed by atoms with Crippen LogP contribution in [-0.2, 0) is 0 Å². The molecule has 0 unspecified atom stereocenters. The van der Waals surface area contributed by atoms with Crippen LogP contribution in [0, 0.1) is 0 Å². The zero-order valence-electron chi connectivity index (χ0n) is 11.2. The van der Waals surface area contributed by atoms with E-state index < -0.39 is 0 Å². The summed E-state index contributed by atoms with van der Waals surface area (Å²) < 4.78 is 0. The maximum absolute atomic E-state index is 12.3. The Hall–Kier alpha value is -1.65. The molecule has 18 heavy (non-hydrogen) atoms. The lowest BCUT2D eigenvalue weighted by atomic mass is 10.0. The Balaban J connectivity index is 2.14. The van der Waals surface area contributed by atoms with Crippen LogP contribution in [0.4, 0.5) is 5.82 Å². The highest BCUT2D eigenvalue weighted by Gasteiger charge is 2.36. The van der Waals surface area contributed by atoms with Gasteiger partial charge in [0.25, 0.3) is 5.91 Å². The van der Waals surface area contributed by atoms with Crippen LogP contribution in [-0.4, -0.2) is 39.4 Å². The molecule has 1 N–H and O–H groups in total. The van der Waals surface area contributed by atoms with Gasteiger partial charge in [0, 0.05) is 18.6 Å². The fourth-order valence-electron chi connectivity index (χ4n) is 2.33. The largest absolute Gasteiger partial charge is 0.369 e. The Morgan fingerprint density at radius 3 is 2.72 bits per heavy atom. The quantitative estimate of drug-likeness (QED) is 0.888. The molecule has 1 amide bonds. The summed E-state index contributed by atoms with van der Waals surface area (Å²) in [6.07, 6.45) is 5.26. The number of carbonyl (C=O) groups excluding carboxylic acids is 1. The molecule has 2 rings (SSSR count). The van der Waals surface area contributed by atoms with Gasteiger partial charge in [0.1, 0.15) is 11.5 Å². The lowest BCUT2D eigenvalue weighted by Crippen LogP contribution is -2.43. The lowest BCUT2D eigenvalue weighted by Gasteiger charge is -2.31. The number of aromatic nitrogens is 2. The first-order valence-corrected chi connectivity index (χ1v) is 6.42. The summed E-state index contributed by atoms with van der Waals surface area (Å²) in [7, 11) is 0. The van der Waals surface area contributed by atoms with E-state index >= 15 is 0 Å². The van der Waals surface area contributed by atoms with Crippen molar-refractivity contribution in [2.45, 2.75) is 39.2 Å². The van der Waals surface area contributed by atoms with Crippen LogP contribution >= 0.6 is 0 Å². The molecule has 0 aromatic carbocycles. The van der Waals surface area contributed by atoms with Crippen molar-refractivity contribution in [2.24, 2.45) is 0 Å². The monoisotopic (exact) mass is 248 g/mol. The predicted molar refractivity (Wildman–Crippen MR) is 70.5 cm³/mol. The van der Waals surface area contributed by atoms with Crippen LogP contribution < -0.4 is 5.32 Å². The Labute approximate surface area is 108 Å². The van der Waals surface area contributed by atoms with E-state index in [1.165, 1.54) is 0 Å². The smallest absolute Gasteiger partial charge is 0.274 e. The SMILES string of the molecule is CCNc1cnc(C(=O)N2CCCC2(C)C)cn1. The molecule has 0 aliphatic carbocycles. The number of anilines is 1. The average molecular weight is 248 g/mol. The fraction of sp³-hybridized carbons (Fsp3) is 0.615. The molecule has 0 radical (unpaired) electrons. The summed E-state index contributed by atoms with van der Waals surface area (Å²) in [4.78, 5) is 22.6. The van der Waals surface area contributed by atoms with E-state index in [2.05, 4.69) is 29.1 Å². The van der Waals surface area contributed by atoms with Crippen LogP contribution in [0.25, 0.3) is 0 Å². The van der Waals surface area contributed by atoms with Gasteiger partial charge in [-0.3, -0.25) is 4.79 Å². The van der Waals surface area contributed by atoms with Crippen molar-refractivity contribution in [3.05, 3.63) is 18.1 Å². The standard InChI is InChI=1S/C13H20N4O/c1-4-14-11-9-15-10(8-16-11)12(18)17-7-5-6-13(17,2)3/h8-9H,4-7H2,1-3H3,(H,14,16). The van der Waals surface area contributed by atoms with E-state index in [9.17, 15) is 4.79 Å². The Bertz CT molecular complexity index is 427. The Morgan fingerprint density at radius 2 is 2.22 bits per heavy atom. The first-order valence-electron chi connectivity index (χ1n) is 6.42. The maximum atomic E-state index is 12.3. The van der Waals surface area contributed by atoms with Gasteiger partial charge >= 0.3 is 0 Å². The van der Waals surface area contributed by atoms with Crippen molar-refractivity contribution < 1.29 is 4.79 Å². The summed E-state index contributed by atoms with van der Waals surface area (Å²) in [6.45, 7) is 7.79. The zero-order valence-corrected chi connectivity index (χ0v) is 11.2. The van der Waals surface area contributed by atoms with Gasteiger partial charge in [-0.2, -0.15) is 0 Å². The van der Waals surface area contributed by atoms with E-state index in [4.69, 9.17) is 0 Å². The maximum Gasteiger partial charge on any atom is 0.274 e. The van der Waals surface area contributed by atoms with Crippen LogP contribution in [0.5, 0.6) is 0 Å². The lowest BCUT2D eigenvalue weighted by molar-refractivity contribution is 0.0645. The highest BCUT2D eigenvalue weighted by Crippen LogP contribution is 2.29. The third-order valence-electron chi connectivity index (χ3n) is 3.38. The second-order valence-corrected chi connectivity index (χ2v) is 5.19. The summed E-state index contributed by atoms with van der Waals surface area (Å²) in [5.41, 5.74) is 0.352. The van der Waals surface area contributed by atoms with Gasteiger partial charge in [0.15, 0.2) is 0 Å². The number of nitrogens with one attached hydrogen (secondary N) is 1. The highest BCUT2D eigenvalue weighted by atomic mass is 16.2. The number of nitrogens with zero attached hydrogens (tertiary/aromatic N) is 3. The molecule has 0 atom stereocenters. The van der Waals surface area contributed by atoms with Crippen LogP contribution in [0.1, 0.15) is 44.1 Å². The molecule has 1 saturated heterocycles. The fourth-order valence-corrected chi connectivity index (χ4v) is 2.33. The normalized spacial score (nSPS) is 17.8. The number of likely N-dealkylation sites (tertiary alicyclic amines) is 1. The second-order valence-electron chi connectivity index (χ2n) is 5.19. The van der Waals surface area contributed by atoms with E-state index in [-0.39, 0.29) is 11.4 Å². The molecular formula is C13H20N4O. The minimum Gasteiger partial charge on any atom is -0.369 e. The van der Waals surface area contributed by atoms with Crippen LogP contribution in [0.2, 0.25) is 0 Å². The predicted octanol–water partition coefficient (Wildman–Crippen LogP) is 1.92. The molecule has 1 aromatic rings. The molecule has 0 bridgehead atoms. The van der Waals surface area contributed by atoms with E-state index in [1.807, 2.05) is 11.8 Å². The van der Waals surface area contributed by atoms with Gasteiger partial charge in [0.2, 0.25) is 0 Å². The van der Waals surface area contributed by atoms with E-state index in [0.717, 1.165) is 25.9 Å². The zero-order chi connectivity index (χ0) is 13.2. The van der Waals surface area contributed by atoms with Gasteiger partial charge in [0.05, 0.1) is 12.4 Å². The molecule has 5 heteroatoms. The number of carbonyl (C=O) groups is 1. The molecule has 1 aliphatic heterocycles. The molecule has 1 aliphatic rings. The first-order chi connectivity index (χ1) is 8.54. The minimum absolute atomic E-state index is 0.0203. The van der Waals surface area contributed by atoms with E-state index in [0.29, 0.717) is 11.5 Å². The molecular weight excluding hydrogens is 228 g/mol. The summed E-state index contributed by atoms with van der Waals surface area (Å²) >= 11 is 0. The molecule has 2 heterocycles. The van der Waals surface area contributed by atoms with Crippen molar-refractivity contribution in [2.75, 3.05) is 18.4 Å². The van der Waals surface area contributed by atoms with Gasteiger partial charge in [-0.15, -0.1) is 0 Å². The second kappa shape index (κ2) is 4.92. The molecule has 98 valence electrons. The number of hydrogen-bond acceptors (Lipinski definition) is 4. The van der Waals surface area contributed by atoms with Crippen molar-refractivity contribution in [1.29, 1.82) is 0 Å². The Kier molecular flexibility index (Phi) is 3.50. The van der Waals surface area contributed by atoms with Crippen LogP contribution in [0.3, 0.4) is 0 Å². The van der Waals surface area contributed by atoms with Crippen molar-refractivity contribution in [3.8, 4) is 0 Å². The molecule has 5 nitrogen and oxygen atoms in total. The van der Waals surface area contributed by atoms with Gasteiger partial charge in [-0.1, -0.05) is 0 Å². The number of hydrogen-bond donors (Lipinski definition) is 1. The summed E-state index contributed by atoms with van der Waals surface area (Å²) in [5.74, 6) is 0.683. The number of amides is 1. The summed E-state index contributed by atoms with van der Waals surface area (Å²) in [5, 5.41) is 3.06. The van der Waals surface area contributed by atoms with Gasteiger partial charge < -0.3 is 10.2 Å². The topological polar surface area (TPSA) is 58.1 Å². The molecule has 0 spiro atoms. The molecule has 1 aromatic heterocycles. The first kappa shape index (κ1) is 12.8. The van der Waals surface area contributed by atoms with E-state index in [1.54, 1.807) is 12.4 Å². The number of rotatable bonds is 3. The van der Waals surface area contributed by atoms with Crippen molar-refractivity contribution >= 4 is 11.7 Å². The summed E-state index contributed by atoms with van der Waals surface area (Å²) in [6, 6.07) is 0.